The lowest BCUT2D eigenvalue weighted by Crippen LogP contribution is -2.24. The van der Waals surface area contributed by atoms with E-state index in [2.05, 4.69) is 9.97 Å². The summed E-state index contributed by atoms with van der Waals surface area (Å²) in [7, 11) is 0. The zero-order valence-corrected chi connectivity index (χ0v) is 19.6. The summed E-state index contributed by atoms with van der Waals surface area (Å²) in [5.41, 5.74) is 2.40. The molecule has 0 spiro atoms. The van der Waals surface area contributed by atoms with Crippen LogP contribution in [0.15, 0.2) is 88.4 Å². The van der Waals surface area contributed by atoms with Crippen molar-refractivity contribution in [3.05, 3.63) is 111 Å². The van der Waals surface area contributed by atoms with Crippen molar-refractivity contribution in [1.82, 2.24) is 19.5 Å². The first-order valence-electron chi connectivity index (χ1n) is 10.5. The zero-order valence-electron chi connectivity index (χ0n) is 17.9. The molecule has 0 saturated heterocycles. The lowest BCUT2D eigenvalue weighted by Gasteiger charge is -2.12. The molecule has 0 fully saturated rings. The van der Waals surface area contributed by atoms with Crippen LogP contribution in [0.2, 0.25) is 0 Å². The smallest absolute Gasteiger partial charge is 0.262 e. The van der Waals surface area contributed by atoms with E-state index in [0.29, 0.717) is 40.7 Å². The predicted octanol–water partition coefficient (Wildman–Crippen LogP) is 5.31. The minimum Gasteiger partial charge on any atom is -0.486 e. The summed E-state index contributed by atoms with van der Waals surface area (Å²) in [5.74, 6) is 0.850. The van der Waals surface area contributed by atoms with Gasteiger partial charge in [-0.1, -0.05) is 30.0 Å². The Bertz CT molecular complexity index is 1470. The molecule has 0 saturated carbocycles. The SMILES string of the molecule is O=c1c2ccccc2nc(SCc2csc(COc3ccc(F)cc3)n2)n1Cc1cccnc1. The van der Waals surface area contributed by atoms with Crippen LogP contribution >= 0.6 is 23.1 Å². The van der Waals surface area contributed by atoms with Crippen LogP contribution in [-0.2, 0) is 18.9 Å². The number of pyridine rings is 1. The van der Waals surface area contributed by atoms with Crippen molar-refractivity contribution >= 4 is 34.0 Å². The summed E-state index contributed by atoms with van der Waals surface area (Å²) in [4.78, 5) is 26.8. The second-order valence-corrected chi connectivity index (χ2v) is 9.31. The van der Waals surface area contributed by atoms with Crippen molar-refractivity contribution in [2.24, 2.45) is 0 Å². The molecule has 0 aliphatic carbocycles. The predicted molar refractivity (Wildman–Crippen MR) is 132 cm³/mol. The number of benzene rings is 2. The van der Waals surface area contributed by atoms with Crippen LogP contribution in [0.25, 0.3) is 10.9 Å². The minimum absolute atomic E-state index is 0.0800. The van der Waals surface area contributed by atoms with E-state index in [9.17, 15) is 9.18 Å². The quantitative estimate of drug-likeness (QED) is 0.217. The van der Waals surface area contributed by atoms with Gasteiger partial charge in [-0.05, 0) is 48.0 Å². The Balaban J connectivity index is 1.34. The lowest BCUT2D eigenvalue weighted by atomic mass is 10.2. The van der Waals surface area contributed by atoms with Gasteiger partial charge in [0.25, 0.3) is 5.56 Å². The van der Waals surface area contributed by atoms with Crippen LogP contribution in [-0.4, -0.2) is 19.5 Å². The minimum atomic E-state index is -0.301. The summed E-state index contributed by atoms with van der Waals surface area (Å²) in [5, 5.41) is 4.01. The standard InChI is InChI=1S/C25H19FN4O2S2/c26-18-7-9-20(10-8-18)32-14-23-28-19(15-33-23)16-34-25-29-22-6-2-1-5-21(22)24(31)30(25)13-17-4-3-11-27-12-17/h1-12,15H,13-14,16H2. The molecular weight excluding hydrogens is 471 g/mol. The number of ether oxygens (including phenoxy) is 1. The van der Waals surface area contributed by atoms with Crippen molar-refractivity contribution in [2.45, 2.75) is 24.1 Å². The third kappa shape index (κ3) is 5.16. The van der Waals surface area contributed by atoms with Crippen molar-refractivity contribution < 1.29 is 9.13 Å². The number of para-hydroxylation sites is 1. The Kier molecular flexibility index (Phi) is 6.64. The maximum Gasteiger partial charge on any atom is 0.262 e. The van der Waals surface area contributed by atoms with E-state index in [1.807, 2.05) is 35.7 Å². The van der Waals surface area contributed by atoms with Crippen LogP contribution in [0, 0.1) is 5.82 Å². The van der Waals surface area contributed by atoms with Gasteiger partial charge in [0.1, 0.15) is 23.2 Å². The Morgan fingerprint density at radius 2 is 1.88 bits per heavy atom. The first-order valence-corrected chi connectivity index (χ1v) is 12.4. The highest BCUT2D eigenvalue weighted by Gasteiger charge is 2.13. The van der Waals surface area contributed by atoms with Crippen LogP contribution in [0.4, 0.5) is 4.39 Å². The van der Waals surface area contributed by atoms with Crippen LogP contribution in [0.5, 0.6) is 5.75 Å². The Morgan fingerprint density at radius 3 is 2.71 bits per heavy atom. The summed E-state index contributed by atoms with van der Waals surface area (Å²) in [6, 6.07) is 17.1. The topological polar surface area (TPSA) is 69.9 Å². The molecule has 0 radical (unpaired) electrons. The number of thiazole rings is 1. The number of halogens is 1. The summed E-state index contributed by atoms with van der Waals surface area (Å²) in [6.45, 7) is 0.696. The summed E-state index contributed by atoms with van der Waals surface area (Å²) < 4.78 is 20.4. The molecule has 34 heavy (non-hydrogen) atoms. The van der Waals surface area contributed by atoms with Gasteiger partial charge in [0.2, 0.25) is 0 Å². The Hall–Kier alpha value is -3.56. The lowest BCUT2D eigenvalue weighted by molar-refractivity contribution is 0.305. The third-order valence-corrected chi connectivity index (χ3v) is 6.90. The molecular formula is C25H19FN4O2S2. The number of thioether (sulfide) groups is 1. The third-order valence-electron chi connectivity index (χ3n) is 5.01. The van der Waals surface area contributed by atoms with Gasteiger partial charge in [-0.2, -0.15) is 0 Å². The number of fused-ring (bicyclic) bond motifs is 1. The average Bonchev–Trinajstić information content (AvgIpc) is 3.33. The fourth-order valence-electron chi connectivity index (χ4n) is 3.37. The number of rotatable bonds is 8. The molecule has 2 aromatic carbocycles. The summed E-state index contributed by atoms with van der Waals surface area (Å²) in [6.07, 6.45) is 3.46. The van der Waals surface area contributed by atoms with Crippen molar-refractivity contribution in [3.8, 4) is 5.75 Å². The zero-order chi connectivity index (χ0) is 23.3. The molecule has 5 rings (SSSR count). The van der Waals surface area contributed by atoms with Gasteiger partial charge in [0.15, 0.2) is 5.16 Å². The van der Waals surface area contributed by atoms with Gasteiger partial charge < -0.3 is 4.74 Å². The van der Waals surface area contributed by atoms with Crippen LogP contribution < -0.4 is 10.3 Å². The van der Waals surface area contributed by atoms with Gasteiger partial charge in [0, 0.05) is 23.5 Å². The molecule has 9 heteroatoms. The molecule has 0 atom stereocenters. The fourth-order valence-corrected chi connectivity index (χ4v) is 5.07. The molecule has 5 aromatic rings. The molecule has 0 amide bonds. The number of nitrogens with zero attached hydrogens (tertiary/aromatic N) is 4. The molecule has 0 N–H and O–H groups in total. The molecule has 0 aliphatic heterocycles. The largest absolute Gasteiger partial charge is 0.486 e. The van der Waals surface area contributed by atoms with E-state index in [1.165, 1.54) is 35.2 Å². The van der Waals surface area contributed by atoms with Crippen molar-refractivity contribution in [1.29, 1.82) is 0 Å². The van der Waals surface area contributed by atoms with Crippen LogP contribution in [0.3, 0.4) is 0 Å². The Morgan fingerprint density at radius 1 is 1.03 bits per heavy atom. The van der Waals surface area contributed by atoms with E-state index >= 15 is 0 Å². The van der Waals surface area contributed by atoms with Gasteiger partial charge >= 0.3 is 0 Å². The first-order chi connectivity index (χ1) is 16.7. The Labute approximate surface area is 203 Å². The van der Waals surface area contributed by atoms with E-state index in [-0.39, 0.29) is 11.4 Å². The molecule has 0 unspecified atom stereocenters. The van der Waals surface area contributed by atoms with Crippen LogP contribution in [0.1, 0.15) is 16.3 Å². The molecule has 3 heterocycles. The van der Waals surface area contributed by atoms with E-state index in [1.54, 1.807) is 35.2 Å². The number of hydrogen-bond donors (Lipinski definition) is 0. The van der Waals surface area contributed by atoms with Gasteiger partial charge in [-0.25, -0.2) is 14.4 Å². The fraction of sp³-hybridized carbons (Fsp3) is 0.120. The second-order valence-electron chi connectivity index (χ2n) is 7.43. The average molecular weight is 491 g/mol. The van der Waals surface area contributed by atoms with Gasteiger partial charge in [-0.3, -0.25) is 14.3 Å². The molecule has 0 aliphatic rings. The van der Waals surface area contributed by atoms with E-state index in [4.69, 9.17) is 9.72 Å². The monoisotopic (exact) mass is 490 g/mol. The van der Waals surface area contributed by atoms with E-state index in [0.717, 1.165) is 16.3 Å². The number of aromatic nitrogens is 4. The number of hydrogen-bond acceptors (Lipinski definition) is 7. The molecule has 6 nitrogen and oxygen atoms in total. The van der Waals surface area contributed by atoms with Gasteiger partial charge in [-0.15, -0.1) is 11.3 Å². The highest BCUT2D eigenvalue weighted by Crippen LogP contribution is 2.24. The normalized spacial score (nSPS) is 11.1. The maximum absolute atomic E-state index is 13.2. The second kappa shape index (κ2) is 10.1. The first kappa shape index (κ1) is 22.2. The van der Waals surface area contributed by atoms with Gasteiger partial charge in [0.05, 0.1) is 23.1 Å². The molecule has 3 aromatic heterocycles. The maximum atomic E-state index is 13.2. The van der Waals surface area contributed by atoms with E-state index < -0.39 is 0 Å². The van der Waals surface area contributed by atoms with Crippen molar-refractivity contribution in [3.63, 3.8) is 0 Å². The van der Waals surface area contributed by atoms with Crippen molar-refractivity contribution in [2.75, 3.05) is 0 Å². The molecule has 170 valence electrons. The summed E-state index contributed by atoms with van der Waals surface area (Å²) >= 11 is 2.97. The highest BCUT2D eigenvalue weighted by atomic mass is 32.2. The molecule has 0 bridgehead atoms. The highest BCUT2D eigenvalue weighted by molar-refractivity contribution is 7.98.